The molecule has 3 atom stereocenters. The molecule has 2 amide bonds. The number of carbonyl (C=O) groups is 3. The Morgan fingerprint density at radius 1 is 0.853 bits per heavy atom. The van der Waals surface area contributed by atoms with Gasteiger partial charge >= 0.3 is 0 Å². The summed E-state index contributed by atoms with van der Waals surface area (Å²) in [4.78, 5) is 39.9. The third-order valence-corrected chi connectivity index (χ3v) is 6.95. The first kappa shape index (κ1) is 22.1. The number of anilines is 1. The topological polar surface area (TPSA) is 63.7 Å². The van der Waals surface area contributed by atoms with Crippen molar-refractivity contribution in [1.82, 2.24) is 0 Å². The van der Waals surface area contributed by atoms with Crippen LogP contribution in [0.15, 0.2) is 78.9 Å². The van der Waals surface area contributed by atoms with Gasteiger partial charge in [-0.3, -0.25) is 14.4 Å². The van der Waals surface area contributed by atoms with Crippen LogP contribution in [0.25, 0.3) is 11.1 Å². The number of hydrogen-bond acceptors (Lipinski definition) is 4. The fraction of sp³-hybridized carbons (Fsp3) is 0.276. The Balaban J connectivity index is 1.25. The van der Waals surface area contributed by atoms with Gasteiger partial charge in [-0.1, -0.05) is 67.6 Å². The van der Waals surface area contributed by atoms with Crippen molar-refractivity contribution < 1.29 is 19.1 Å². The molecular formula is C29H27NO4. The van der Waals surface area contributed by atoms with Crippen LogP contribution >= 0.6 is 0 Å². The number of carbonyl (C=O) groups excluding carboxylic acids is 3. The second-order valence-electron chi connectivity index (χ2n) is 9.30. The zero-order valence-electron chi connectivity index (χ0n) is 19.1. The molecule has 0 bridgehead atoms. The van der Waals surface area contributed by atoms with Crippen molar-refractivity contribution >= 4 is 23.3 Å². The molecule has 1 saturated carbocycles. The summed E-state index contributed by atoms with van der Waals surface area (Å²) in [6, 6.07) is 24.3. The first-order valence-electron chi connectivity index (χ1n) is 11.8. The molecule has 0 unspecified atom stereocenters. The molecule has 1 aliphatic heterocycles. The van der Waals surface area contributed by atoms with Gasteiger partial charge in [0.15, 0.2) is 12.4 Å². The van der Waals surface area contributed by atoms with Crippen LogP contribution in [0.5, 0.6) is 5.75 Å². The van der Waals surface area contributed by atoms with Crippen molar-refractivity contribution in [3.05, 3.63) is 84.4 Å². The highest BCUT2D eigenvalue weighted by atomic mass is 16.5. The highest BCUT2D eigenvalue weighted by Gasteiger charge is 2.50. The van der Waals surface area contributed by atoms with E-state index in [1.165, 1.54) is 4.90 Å². The van der Waals surface area contributed by atoms with Crippen molar-refractivity contribution in [3.63, 3.8) is 0 Å². The molecular weight excluding hydrogens is 426 g/mol. The molecule has 2 fully saturated rings. The predicted molar refractivity (Wildman–Crippen MR) is 131 cm³/mol. The summed E-state index contributed by atoms with van der Waals surface area (Å²) < 4.78 is 5.74. The maximum Gasteiger partial charge on any atom is 0.237 e. The number of Topliss-reactive ketones (excluding diaryl/α,β-unsaturated/α-hetero) is 1. The summed E-state index contributed by atoms with van der Waals surface area (Å²) in [6.45, 7) is 2.01. The number of rotatable bonds is 6. The molecule has 3 aromatic carbocycles. The Hall–Kier alpha value is -3.73. The average molecular weight is 454 g/mol. The van der Waals surface area contributed by atoms with Crippen molar-refractivity contribution in [3.8, 4) is 16.9 Å². The van der Waals surface area contributed by atoms with Crippen LogP contribution in [-0.2, 0) is 9.59 Å². The molecule has 1 aliphatic carbocycles. The zero-order valence-corrected chi connectivity index (χ0v) is 19.1. The molecule has 34 heavy (non-hydrogen) atoms. The molecule has 5 nitrogen and oxygen atoms in total. The van der Waals surface area contributed by atoms with E-state index in [2.05, 4.69) is 6.92 Å². The Kier molecular flexibility index (Phi) is 6.01. The largest absolute Gasteiger partial charge is 0.485 e. The van der Waals surface area contributed by atoms with Crippen LogP contribution in [0.3, 0.4) is 0 Å². The van der Waals surface area contributed by atoms with Gasteiger partial charge in [0.2, 0.25) is 11.8 Å². The van der Waals surface area contributed by atoms with Crippen molar-refractivity contribution in [2.45, 2.75) is 26.2 Å². The lowest BCUT2D eigenvalue weighted by atomic mass is 9.76. The molecule has 2 aliphatic rings. The quantitative estimate of drug-likeness (QED) is 0.363. The van der Waals surface area contributed by atoms with Gasteiger partial charge in [-0.15, -0.1) is 0 Å². The molecule has 5 rings (SSSR count). The van der Waals surface area contributed by atoms with Gasteiger partial charge in [-0.2, -0.15) is 0 Å². The number of fused-ring (bicyclic) bond motifs is 1. The molecule has 172 valence electrons. The molecule has 0 aromatic heterocycles. The molecule has 0 N–H and O–H groups in total. The smallest absolute Gasteiger partial charge is 0.237 e. The van der Waals surface area contributed by atoms with Gasteiger partial charge in [-0.05, 0) is 48.4 Å². The lowest BCUT2D eigenvalue weighted by Crippen LogP contribution is -2.30. The summed E-state index contributed by atoms with van der Waals surface area (Å²) in [5, 5.41) is 0. The van der Waals surface area contributed by atoms with E-state index in [1.54, 1.807) is 36.4 Å². The van der Waals surface area contributed by atoms with Crippen LogP contribution in [0.1, 0.15) is 36.5 Å². The highest BCUT2D eigenvalue weighted by Crippen LogP contribution is 2.42. The minimum atomic E-state index is -0.221. The second-order valence-corrected chi connectivity index (χ2v) is 9.30. The number of benzene rings is 3. The summed E-state index contributed by atoms with van der Waals surface area (Å²) in [5.74, 6) is 0.103. The summed E-state index contributed by atoms with van der Waals surface area (Å²) in [5.41, 5.74) is 3.21. The highest BCUT2D eigenvalue weighted by molar-refractivity contribution is 6.22. The first-order chi connectivity index (χ1) is 16.5. The second kappa shape index (κ2) is 9.26. The summed E-state index contributed by atoms with van der Waals surface area (Å²) >= 11 is 0. The van der Waals surface area contributed by atoms with E-state index >= 15 is 0 Å². The lowest BCUT2D eigenvalue weighted by Gasteiger charge is -2.25. The fourth-order valence-corrected chi connectivity index (χ4v) is 5.07. The van der Waals surface area contributed by atoms with Crippen molar-refractivity contribution in [1.29, 1.82) is 0 Å². The van der Waals surface area contributed by atoms with Crippen LogP contribution in [0.2, 0.25) is 0 Å². The molecule has 1 heterocycles. The van der Waals surface area contributed by atoms with Gasteiger partial charge in [0.25, 0.3) is 0 Å². The number of hydrogen-bond donors (Lipinski definition) is 0. The third-order valence-electron chi connectivity index (χ3n) is 6.95. The van der Waals surface area contributed by atoms with Crippen LogP contribution in [0.4, 0.5) is 5.69 Å². The third kappa shape index (κ3) is 4.26. The van der Waals surface area contributed by atoms with E-state index in [9.17, 15) is 14.4 Å². The van der Waals surface area contributed by atoms with Gasteiger partial charge in [0, 0.05) is 11.6 Å². The minimum Gasteiger partial charge on any atom is -0.485 e. The molecule has 0 spiro atoms. The van der Waals surface area contributed by atoms with E-state index in [0.717, 1.165) is 30.4 Å². The standard InChI is InChI=1S/C29H27NO4/c1-19-10-15-25-26(16-19)29(33)30(28(25)32)23-8-5-9-24(17-23)34-18-27(31)22-13-11-21(12-14-22)20-6-3-2-4-7-20/h2-9,11-14,17,19,25-26H,10,15-16,18H2,1H3/t19-,25+,26-/m1/s1. The zero-order chi connectivity index (χ0) is 23.7. The van der Waals surface area contributed by atoms with Crippen LogP contribution in [-0.4, -0.2) is 24.2 Å². The monoisotopic (exact) mass is 453 g/mol. The van der Waals surface area contributed by atoms with Gasteiger partial charge in [0.1, 0.15) is 5.75 Å². The predicted octanol–water partition coefficient (Wildman–Crippen LogP) is 5.54. The number of ketones is 1. The Bertz CT molecular complexity index is 1220. The average Bonchev–Trinajstić information content (AvgIpc) is 3.12. The maximum absolute atomic E-state index is 13.0. The molecule has 0 radical (unpaired) electrons. The number of nitrogens with zero attached hydrogens (tertiary/aromatic N) is 1. The van der Waals surface area contributed by atoms with Crippen LogP contribution < -0.4 is 9.64 Å². The summed E-state index contributed by atoms with van der Waals surface area (Å²) in [7, 11) is 0. The van der Waals surface area contributed by atoms with E-state index in [4.69, 9.17) is 4.74 Å². The van der Waals surface area contributed by atoms with E-state index in [0.29, 0.717) is 22.9 Å². The summed E-state index contributed by atoms with van der Waals surface area (Å²) in [6.07, 6.45) is 2.51. The Morgan fingerprint density at radius 2 is 1.56 bits per heavy atom. The number of amides is 2. The van der Waals surface area contributed by atoms with E-state index < -0.39 is 0 Å². The minimum absolute atomic E-state index is 0.117. The van der Waals surface area contributed by atoms with E-state index in [1.807, 2.05) is 42.5 Å². The molecule has 5 heteroatoms. The van der Waals surface area contributed by atoms with Gasteiger partial charge < -0.3 is 4.74 Å². The fourth-order valence-electron chi connectivity index (χ4n) is 5.07. The van der Waals surface area contributed by atoms with E-state index in [-0.39, 0.29) is 36.0 Å². The Morgan fingerprint density at radius 3 is 2.32 bits per heavy atom. The van der Waals surface area contributed by atoms with Crippen molar-refractivity contribution in [2.24, 2.45) is 17.8 Å². The molecule has 3 aromatic rings. The Labute approximate surface area is 199 Å². The normalized spacial score (nSPS) is 21.9. The van der Waals surface area contributed by atoms with Crippen molar-refractivity contribution in [2.75, 3.05) is 11.5 Å². The van der Waals surface area contributed by atoms with Gasteiger partial charge in [0.05, 0.1) is 17.5 Å². The number of ether oxygens (including phenoxy) is 1. The maximum atomic E-state index is 13.0. The molecule has 1 saturated heterocycles. The SMILES string of the molecule is C[C@@H]1CC[C@@H]2C(=O)N(c3cccc(OCC(=O)c4ccc(-c5ccccc5)cc4)c3)C(=O)[C@@H]2C1. The van der Waals surface area contributed by atoms with Gasteiger partial charge in [-0.25, -0.2) is 4.90 Å². The lowest BCUT2D eigenvalue weighted by molar-refractivity contribution is -0.122. The van der Waals surface area contributed by atoms with Crippen LogP contribution in [0, 0.1) is 17.8 Å². The first-order valence-corrected chi connectivity index (χ1v) is 11.8. The number of imide groups is 1.